The number of aliphatic carboxylic acids is 1. The molecule has 0 aliphatic carbocycles. The number of benzene rings is 1. The van der Waals surface area contributed by atoms with Crippen molar-refractivity contribution < 1.29 is 24.2 Å². The molecule has 1 unspecified atom stereocenters. The first-order valence-electron chi connectivity index (χ1n) is 7.76. The van der Waals surface area contributed by atoms with Crippen LogP contribution in [0.3, 0.4) is 0 Å². The summed E-state index contributed by atoms with van der Waals surface area (Å²) in [6.45, 7) is 3.37. The molecule has 1 heterocycles. The highest BCUT2D eigenvalue weighted by Gasteiger charge is 2.17. The zero-order valence-electron chi connectivity index (χ0n) is 13.1. The van der Waals surface area contributed by atoms with Crippen LogP contribution in [0, 0.1) is 0 Å². The highest BCUT2D eigenvalue weighted by atomic mass is 16.6. The molecule has 0 radical (unpaired) electrons. The highest BCUT2D eigenvalue weighted by molar-refractivity contribution is 5.74. The van der Waals surface area contributed by atoms with Gasteiger partial charge in [0.1, 0.15) is 13.2 Å². The fraction of sp³-hybridized carbons (Fsp3) is 0.500. The number of fused-ring (bicyclic) bond motifs is 1. The predicted molar refractivity (Wildman–Crippen MR) is 83.9 cm³/mol. The first kappa shape index (κ1) is 16.9. The molecule has 0 saturated heterocycles. The number of rotatable bonds is 7. The molecule has 1 aliphatic rings. The number of carbonyl (C=O) groups excluding carboxylic acids is 1. The van der Waals surface area contributed by atoms with Crippen LogP contribution in [0.2, 0.25) is 0 Å². The van der Waals surface area contributed by atoms with Gasteiger partial charge in [-0.05, 0) is 30.5 Å². The van der Waals surface area contributed by atoms with Crippen LogP contribution in [-0.4, -0.2) is 36.9 Å². The van der Waals surface area contributed by atoms with Gasteiger partial charge in [-0.2, -0.15) is 0 Å². The van der Waals surface area contributed by atoms with Gasteiger partial charge in [0.15, 0.2) is 11.5 Å². The number of carbonyl (C=O) groups is 2. The average Bonchev–Trinajstić information content (AvgIpc) is 2.56. The van der Waals surface area contributed by atoms with Gasteiger partial charge < -0.3 is 25.2 Å². The van der Waals surface area contributed by atoms with Crippen LogP contribution in [0.5, 0.6) is 11.5 Å². The van der Waals surface area contributed by atoms with E-state index >= 15 is 0 Å². The Bertz CT molecular complexity index is 561. The van der Waals surface area contributed by atoms with Crippen LogP contribution in [0.25, 0.3) is 0 Å². The second-order valence-corrected chi connectivity index (χ2v) is 5.26. The smallest absolute Gasteiger partial charge is 0.315 e. The Balaban J connectivity index is 1.89. The van der Waals surface area contributed by atoms with E-state index in [0.717, 1.165) is 12.0 Å². The Morgan fingerprint density at radius 3 is 2.70 bits per heavy atom. The third-order valence-corrected chi connectivity index (χ3v) is 3.54. The molecule has 7 nitrogen and oxygen atoms in total. The summed E-state index contributed by atoms with van der Waals surface area (Å²) in [5.74, 6) is 0.541. The molecule has 0 bridgehead atoms. The Labute approximate surface area is 135 Å². The van der Waals surface area contributed by atoms with E-state index in [9.17, 15) is 9.59 Å². The van der Waals surface area contributed by atoms with E-state index in [4.69, 9.17) is 14.6 Å². The quantitative estimate of drug-likeness (QED) is 0.668. The third-order valence-electron chi connectivity index (χ3n) is 3.54. The van der Waals surface area contributed by atoms with Gasteiger partial charge in [0.05, 0.1) is 6.04 Å². The summed E-state index contributed by atoms with van der Waals surface area (Å²) < 4.78 is 11.0. The zero-order chi connectivity index (χ0) is 16.7. The minimum absolute atomic E-state index is 0.0413. The maximum Gasteiger partial charge on any atom is 0.315 e. The molecule has 1 aromatic carbocycles. The molecule has 0 aromatic heterocycles. The average molecular weight is 322 g/mol. The second kappa shape index (κ2) is 8.26. The van der Waals surface area contributed by atoms with Crippen molar-refractivity contribution in [1.82, 2.24) is 10.6 Å². The molecule has 3 N–H and O–H groups in total. The molecule has 0 saturated carbocycles. The van der Waals surface area contributed by atoms with Crippen LogP contribution in [0.15, 0.2) is 18.2 Å². The third kappa shape index (κ3) is 5.05. The molecule has 1 aromatic rings. The van der Waals surface area contributed by atoms with Gasteiger partial charge in [-0.25, -0.2) is 4.79 Å². The molecule has 7 heteroatoms. The lowest BCUT2D eigenvalue weighted by Crippen LogP contribution is -2.38. The summed E-state index contributed by atoms with van der Waals surface area (Å²) in [6.07, 6.45) is 1.17. The molecule has 126 valence electrons. The fourth-order valence-corrected chi connectivity index (χ4v) is 2.35. The van der Waals surface area contributed by atoms with Crippen LogP contribution in [0.1, 0.15) is 37.8 Å². The predicted octanol–water partition coefficient (Wildman–Crippen LogP) is 2.07. The minimum atomic E-state index is -0.866. The number of carboxylic acids is 1. The zero-order valence-corrected chi connectivity index (χ0v) is 13.1. The topological polar surface area (TPSA) is 96.9 Å². The van der Waals surface area contributed by atoms with E-state index in [2.05, 4.69) is 10.6 Å². The van der Waals surface area contributed by atoms with E-state index < -0.39 is 5.97 Å². The van der Waals surface area contributed by atoms with Crippen molar-refractivity contribution in [3.63, 3.8) is 0 Å². The largest absolute Gasteiger partial charge is 0.486 e. The molecule has 0 fully saturated rings. The van der Waals surface area contributed by atoms with Crippen LogP contribution < -0.4 is 20.1 Å². The maximum atomic E-state index is 11.9. The van der Waals surface area contributed by atoms with E-state index in [1.54, 1.807) is 0 Å². The second-order valence-electron chi connectivity index (χ2n) is 5.26. The van der Waals surface area contributed by atoms with Gasteiger partial charge in [-0.15, -0.1) is 0 Å². The number of amides is 2. The summed E-state index contributed by atoms with van der Waals surface area (Å²) in [7, 11) is 0. The van der Waals surface area contributed by atoms with Gasteiger partial charge in [0.25, 0.3) is 0 Å². The lowest BCUT2D eigenvalue weighted by molar-refractivity contribution is -0.137. The van der Waals surface area contributed by atoms with E-state index in [0.29, 0.717) is 37.7 Å². The van der Waals surface area contributed by atoms with E-state index in [-0.39, 0.29) is 18.5 Å². The monoisotopic (exact) mass is 322 g/mol. The standard InChI is InChI=1S/C16H22N2O5/c1-2-12(18-16(21)17-7-3-4-15(19)20)11-5-6-13-14(10-11)23-9-8-22-13/h5-6,10,12H,2-4,7-9H2,1H3,(H,19,20)(H2,17,18,21). The first-order chi connectivity index (χ1) is 11.1. The summed E-state index contributed by atoms with van der Waals surface area (Å²) in [5, 5.41) is 14.1. The molecular formula is C16H22N2O5. The Morgan fingerprint density at radius 2 is 2.00 bits per heavy atom. The van der Waals surface area contributed by atoms with Gasteiger partial charge in [0, 0.05) is 13.0 Å². The van der Waals surface area contributed by atoms with Crippen LogP contribution >= 0.6 is 0 Å². The van der Waals surface area contributed by atoms with Gasteiger partial charge in [-0.3, -0.25) is 4.79 Å². The molecule has 23 heavy (non-hydrogen) atoms. The van der Waals surface area contributed by atoms with Crippen LogP contribution in [0.4, 0.5) is 4.79 Å². The summed E-state index contributed by atoms with van der Waals surface area (Å²) in [5.41, 5.74) is 0.942. The molecular weight excluding hydrogens is 300 g/mol. The Hall–Kier alpha value is -2.44. The number of ether oxygens (including phenoxy) is 2. The maximum absolute atomic E-state index is 11.9. The van der Waals surface area contributed by atoms with Gasteiger partial charge in [-0.1, -0.05) is 13.0 Å². The summed E-state index contributed by atoms with van der Waals surface area (Å²) in [6, 6.07) is 5.18. The van der Waals surface area contributed by atoms with Crippen molar-refractivity contribution in [1.29, 1.82) is 0 Å². The Morgan fingerprint density at radius 1 is 1.26 bits per heavy atom. The minimum Gasteiger partial charge on any atom is -0.486 e. The van der Waals surface area contributed by atoms with Crippen molar-refractivity contribution in [2.24, 2.45) is 0 Å². The van der Waals surface area contributed by atoms with Crippen molar-refractivity contribution in [3.8, 4) is 11.5 Å². The lowest BCUT2D eigenvalue weighted by Gasteiger charge is -2.22. The SMILES string of the molecule is CCC(NC(=O)NCCCC(=O)O)c1ccc2c(c1)OCCO2. The molecule has 0 spiro atoms. The van der Waals surface area contributed by atoms with Crippen LogP contribution in [-0.2, 0) is 4.79 Å². The van der Waals surface area contributed by atoms with Gasteiger partial charge in [0.2, 0.25) is 0 Å². The highest BCUT2D eigenvalue weighted by Crippen LogP contribution is 2.33. The number of hydrogen-bond donors (Lipinski definition) is 3. The fourth-order valence-electron chi connectivity index (χ4n) is 2.35. The van der Waals surface area contributed by atoms with Crippen molar-refractivity contribution in [2.75, 3.05) is 19.8 Å². The summed E-state index contributed by atoms with van der Waals surface area (Å²) in [4.78, 5) is 22.3. The molecule has 1 atom stereocenters. The summed E-state index contributed by atoms with van der Waals surface area (Å²) >= 11 is 0. The van der Waals surface area contributed by atoms with E-state index in [1.807, 2.05) is 25.1 Å². The number of nitrogens with one attached hydrogen (secondary N) is 2. The van der Waals surface area contributed by atoms with Crippen molar-refractivity contribution in [2.45, 2.75) is 32.2 Å². The normalized spacial score (nSPS) is 14.0. The van der Waals surface area contributed by atoms with Crippen molar-refractivity contribution >= 4 is 12.0 Å². The van der Waals surface area contributed by atoms with Crippen molar-refractivity contribution in [3.05, 3.63) is 23.8 Å². The number of hydrogen-bond acceptors (Lipinski definition) is 4. The lowest BCUT2D eigenvalue weighted by atomic mass is 10.0. The number of carboxylic acid groups (broad SMARTS) is 1. The Kier molecular flexibility index (Phi) is 6.08. The number of urea groups is 1. The van der Waals surface area contributed by atoms with Gasteiger partial charge >= 0.3 is 12.0 Å². The molecule has 2 amide bonds. The molecule has 1 aliphatic heterocycles. The first-order valence-corrected chi connectivity index (χ1v) is 7.76. The molecule has 2 rings (SSSR count). The van der Waals surface area contributed by atoms with E-state index in [1.165, 1.54) is 0 Å².